The normalized spacial score (nSPS) is 11.3. The molecule has 0 saturated heterocycles. The lowest BCUT2D eigenvalue weighted by Gasteiger charge is -2.08. The molecule has 0 aromatic heterocycles. The molecule has 0 saturated carbocycles. The summed E-state index contributed by atoms with van der Waals surface area (Å²) in [5.41, 5.74) is -0.609. The fourth-order valence-electron chi connectivity index (χ4n) is 1.21. The maximum atomic E-state index is 12.7. The Balaban J connectivity index is 2.59. The number of ether oxygens (including phenoxy) is 1. The van der Waals surface area contributed by atoms with Crippen molar-refractivity contribution in [3.63, 3.8) is 0 Å². The molecule has 0 bridgehead atoms. The van der Waals surface area contributed by atoms with Gasteiger partial charge in [0.05, 0.1) is 17.6 Å². The molecule has 0 radical (unpaired) electrons. The number of hydrogen-bond acceptors (Lipinski definition) is 3. The van der Waals surface area contributed by atoms with Gasteiger partial charge in [-0.05, 0) is 18.6 Å². The van der Waals surface area contributed by atoms with Gasteiger partial charge in [0.1, 0.15) is 5.82 Å². The number of rotatable bonds is 5. The number of nitrogens with zero attached hydrogens (tertiary/aromatic N) is 1. The van der Waals surface area contributed by atoms with Crippen LogP contribution in [0.5, 0.6) is 5.75 Å². The maximum absolute atomic E-state index is 12.7. The van der Waals surface area contributed by atoms with Crippen LogP contribution in [0.4, 0.5) is 23.2 Å². The monoisotopic (exact) mass is 267 g/mol. The lowest BCUT2D eigenvalue weighted by atomic mass is 10.3. The predicted molar refractivity (Wildman–Crippen MR) is 53.8 cm³/mol. The number of alkyl halides is 3. The van der Waals surface area contributed by atoms with Crippen molar-refractivity contribution in [1.29, 1.82) is 0 Å². The van der Waals surface area contributed by atoms with E-state index in [0.717, 1.165) is 12.1 Å². The van der Waals surface area contributed by atoms with Gasteiger partial charge >= 0.3 is 11.9 Å². The van der Waals surface area contributed by atoms with Crippen LogP contribution in [0.15, 0.2) is 18.2 Å². The van der Waals surface area contributed by atoms with Gasteiger partial charge in [-0.15, -0.1) is 0 Å². The van der Waals surface area contributed by atoms with Gasteiger partial charge in [0.2, 0.25) is 0 Å². The molecule has 1 aromatic carbocycles. The maximum Gasteiger partial charge on any atom is 0.389 e. The topological polar surface area (TPSA) is 52.4 Å². The second-order valence-electron chi connectivity index (χ2n) is 3.44. The van der Waals surface area contributed by atoms with E-state index in [9.17, 15) is 27.7 Å². The second-order valence-corrected chi connectivity index (χ2v) is 3.44. The largest absolute Gasteiger partial charge is 0.487 e. The van der Waals surface area contributed by atoms with Gasteiger partial charge in [-0.25, -0.2) is 4.39 Å². The van der Waals surface area contributed by atoms with Crippen molar-refractivity contribution in [2.45, 2.75) is 19.0 Å². The first-order valence-corrected chi connectivity index (χ1v) is 4.93. The smallest absolute Gasteiger partial charge is 0.389 e. The molecular weight excluding hydrogens is 258 g/mol. The number of hydrogen-bond donors (Lipinski definition) is 0. The molecule has 1 aromatic rings. The minimum Gasteiger partial charge on any atom is -0.487 e. The van der Waals surface area contributed by atoms with Gasteiger partial charge in [-0.2, -0.15) is 13.2 Å². The number of halogens is 4. The Labute approximate surface area is 99.3 Å². The fourth-order valence-corrected chi connectivity index (χ4v) is 1.21. The zero-order valence-corrected chi connectivity index (χ0v) is 9.04. The Hall–Kier alpha value is -1.86. The first kappa shape index (κ1) is 14.2. The van der Waals surface area contributed by atoms with Crippen LogP contribution in [0.25, 0.3) is 0 Å². The quantitative estimate of drug-likeness (QED) is 0.355. The summed E-state index contributed by atoms with van der Waals surface area (Å²) in [5.74, 6) is -1.06. The third-order valence-electron chi connectivity index (χ3n) is 1.98. The number of nitro benzene ring substituents is 1. The highest BCUT2D eigenvalue weighted by molar-refractivity contribution is 5.46. The predicted octanol–water partition coefficient (Wildman–Crippen LogP) is 3.46. The molecule has 8 heteroatoms. The van der Waals surface area contributed by atoms with Crippen LogP contribution in [-0.4, -0.2) is 17.7 Å². The molecule has 4 nitrogen and oxygen atoms in total. The van der Waals surface area contributed by atoms with Crippen molar-refractivity contribution >= 4 is 5.69 Å². The Kier molecular flexibility index (Phi) is 4.46. The van der Waals surface area contributed by atoms with Gasteiger partial charge in [-0.1, -0.05) is 0 Å². The summed E-state index contributed by atoms with van der Waals surface area (Å²) in [4.78, 5) is 9.69. The molecule has 0 aliphatic carbocycles. The van der Waals surface area contributed by atoms with Crippen LogP contribution >= 0.6 is 0 Å². The molecule has 0 fully saturated rings. The minimum absolute atomic E-state index is 0.247. The standard InChI is InChI=1S/C10H9F4NO3/c11-7-2-3-9(8(6-7)15(16)17)18-5-1-4-10(12,13)14/h2-3,6H,1,4-5H2. The Morgan fingerprint density at radius 1 is 1.33 bits per heavy atom. The summed E-state index contributed by atoms with van der Waals surface area (Å²) in [6.45, 7) is -0.327. The first-order valence-electron chi connectivity index (χ1n) is 4.93. The van der Waals surface area contributed by atoms with Crippen molar-refractivity contribution in [3.8, 4) is 5.75 Å². The van der Waals surface area contributed by atoms with Crippen molar-refractivity contribution in [2.24, 2.45) is 0 Å². The summed E-state index contributed by atoms with van der Waals surface area (Å²) < 4.78 is 53.1. The third-order valence-corrected chi connectivity index (χ3v) is 1.98. The molecule has 1 rings (SSSR count). The van der Waals surface area contributed by atoms with Gasteiger partial charge < -0.3 is 4.74 Å². The van der Waals surface area contributed by atoms with Crippen LogP contribution in [-0.2, 0) is 0 Å². The van der Waals surface area contributed by atoms with Crippen molar-refractivity contribution in [1.82, 2.24) is 0 Å². The molecule has 18 heavy (non-hydrogen) atoms. The zero-order chi connectivity index (χ0) is 13.8. The van der Waals surface area contributed by atoms with Crippen molar-refractivity contribution < 1.29 is 27.2 Å². The average Bonchev–Trinajstić information content (AvgIpc) is 2.24. The van der Waals surface area contributed by atoms with E-state index in [4.69, 9.17) is 4.74 Å². The molecule has 0 aliphatic heterocycles. The van der Waals surface area contributed by atoms with Crippen LogP contribution in [0, 0.1) is 15.9 Å². The average molecular weight is 267 g/mol. The number of nitro groups is 1. The number of benzene rings is 1. The van der Waals surface area contributed by atoms with Crippen LogP contribution < -0.4 is 4.74 Å². The molecule has 0 spiro atoms. The van der Waals surface area contributed by atoms with Gasteiger partial charge in [0, 0.05) is 6.42 Å². The van der Waals surface area contributed by atoms with E-state index in [2.05, 4.69) is 0 Å². The van der Waals surface area contributed by atoms with E-state index in [1.807, 2.05) is 0 Å². The van der Waals surface area contributed by atoms with Crippen LogP contribution in [0.3, 0.4) is 0 Å². The fraction of sp³-hybridized carbons (Fsp3) is 0.400. The second kappa shape index (κ2) is 5.65. The summed E-state index contributed by atoms with van der Waals surface area (Å²) in [6.07, 6.45) is -5.65. The van der Waals surface area contributed by atoms with Crippen LogP contribution in [0.2, 0.25) is 0 Å². The first-order chi connectivity index (χ1) is 8.29. The SMILES string of the molecule is O=[N+]([O-])c1cc(F)ccc1OCCCC(F)(F)F. The summed E-state index contributed by atoms with van der Waals surface area (Å²) in [6, 6.07) is 2.60. The molecular formula is C10H9F4NO3. The lowest BCUT2D eigenvalue weighted by Crippen LogP contribution is -2.10. The van der Waals surface area contributed by atoms with Gasteiger partial charge in [-0.3, -0.25) is 10.1 Å². The highest BCUT2D eigenvalue weighted by Gasteiger charge is 2.26. The highest BCUT2D eigenvalue weighted by atomic mass is 19.4. The van der Waals surface area contributed by atoms with E-state index in [1.165, 1.54) is 0 Å². The lowest BCUT2D eigenvalue weighted by molar-refractivity contribution is -0.386. The van der Waals surface area contributed by atoms with E-state index in [1.54, 1.807) is 0 Å². The molecule has 0 aliphatic rings. The summed E-state index contributed by atoms with van der Waals surface area (Å²) >= 11 is 0. The van der Waals surface area contributed by atoms with E-state index in [-0.39, 0.29) is 18.8 Å². The Morgan fingerprint density at radius 3 is 2.56 bits per heavy atom. The molecule has 0 heterocycles. The van der Waals surface area contributed by atoms with Crippen LogP contribution in [0.1, 0.15) is 12.8 Å². The van der Waals surface area contributed by atoms with Gasteiger partial charge in [0.25, 0.3) is 0 Å². The van der Waals surface area contributed by atoms with E-state index < -0.39 is 29.0 Å². The molecule has 0 N–H and O–H groups in total. The highest BCUT2D eigenvalue weighted by Crippen LogP contribution is 2.28. The minimum atomic E-state index is -4.29. The van der Waals surface area contributed by atoms with E-state index >= 15 is 0 Å². The third kappa shape index (κ3) is 4.56. The van der Waals surface area contributed by atoms with Crippen molar-refractivity contribution in [2.75, 3.05) is 6.61 Å². The molecule has 0 atom stereocenters. The summed E-state index contributed by atoms with van der Waals surface area (Å²) in [7, 11) is 0. The van der Waals surface area contributed by atoms with Gasteiger partial charge in [0.15, 0.2) is 5.75 Å². The Morgan fingerprint density at radius 2 is 2.00 bits per heavy atom. The van der Waals surface area contributed by atoms with E-state index in [0.29, 0.717) is 6.07 Å². The molecule has 100 valence electrons. The molecule has 0 unspecified atom stereocenters. The Bertz CT molecular complexity index is 434. The summed E-state index contributed by atoms with van der Waals surface area (Å²) in [5, 5.41) is 10.5. The van der Waals surface area contributed by atoms with Crippen molar-refractivity contribution in [3.05, 3.63) is 34.1 Å². The zero-order valence-electron chi connectivity index (χ0n) is 9.04. The molecule has 0 amide bonds.